The lowest BCUT2D eigenvalue weighted by Crippen LogP contribution is -2.36. The van der Waals surface area contributed by atoms with Crippen molar-refractivity contribution in [3.63, 3.8) is 0 Å². The van der Waals surface area contributed by atoms with Gasteiger partial charge in [0.25, 0.3) is 5.56 Å². The molecule has 0 saturated carbocycles. The van der Waals surface area contributed by atoms with Gasteiger partial charge in [-0.15, -0.1) is 0 Å². The highest BCUT2D eigenvalue weighted by Crippen LogP contribution is 2.05. The highest BCUT2D eigenvalue weighted by molar-refractivity contribution is 5.75. The third-order valence-corrected chi connectivity index (χ3v) is 3.55. The molecule has 0 radical (unpaired) electrons. The molecule has 5 nitrogen and oxygen atoms in total. The van der Waals surface area contributed by atoms with Crippen LogP contribution in [0.5, 0.6) is 0 Å². The van der Waals surface area contributed by atoms with Crippen LogP contribution in [-0.4, -0.2) is 26.9 Å². The summed E-state index contributed by atoms with van der Waals surface area (Å²) in [4.78, 5) is 30.3. The van der Waals surface area contributed by atoms with Crippen molar-refractivity contribution in [3.8, 4) is 0 Å². The summed E-state index contributed by atoms with van der Waals surface area (Å²) >= 11 is 0. The molecular weight excluding hydrogens is 278 g/mol. The highest BCUT2D eigenvalue weighted by atomic mass is 16.2. The van der Waals surface area contributed by atoms with Gasteiger partial charge in [-0.2, -0.15) is 0 Å². The van der Waals surface area contributed by atoms with E-state index in [2.05, 4.69) is 4.98 Å². The highest BCUT2D eigenvalue weighted by Gasteiger charge is 2.13. The smallest absolute Gasteiger partial charge is 0.253 e. The SMILES string of the molecule is CCc1cc(=O)n(CC(=O)N(CC)Cc2ccccc2)cn1. The lowest BCUT2D eigenvalue weighted by Gasteiger charge is -2.21. The summed E-state index contributed by atoms with van der Waals surface area (Å²) in [6, 6.07) is 11.3. The number of carbonyl (C=O) groups is 1. The molecule has 2 rings (SSSR count). The minimum absolute atomic E-state index is 0.0243. The average molecular weight is 299 g/mol. The van der Waals surface area contributed by atoms with Crippen molar-refractivity contribution in [1.29, 1.82) is 0 Å². The standard InChI is InChI=1S/C17H21N3O2/c1-3-15-10-16(21)20(13-18-15)12-17(22)19(4-2)11-14-8-6-5-7-9-14/h5-10,13H,3-4,11-12H2,1-2H3. The third-order valence-electron chi connectivity index (χ3n) is 3.55. The van der Waals surface area contributed by atoms with Gasteiger partial charge in [-0.3, -0.25) is 14.2 Å². The van der Waals surface area contributed by atoms with Crippen molar-refractivity contribution >= 4 is 5.91 Å². The van der Waals surface area contributed by atoms with Gasteiger partial charge in [-0.05, 0) is 18.9 Å². The van der Waals surface area contributed by atoms with Gasteiger partial charge in [-0.25, -0.2) is 4.98 Å². The molecule has 1 aromatic carbocycles. The Morgan fingerprint density at radius 1 is 1.23 bits per heavy atom. The number of hydrogen-bond donors (Lipinski definition) is 0. The molecule has 0 unspecified atom stereocenters. The molecule has 0 bridgehead atoms. The van der Waals surface area contributed by atoms with E-state index in [1.807, 2.05) is 44.2 Å². The molecule has 1 aromatic heterocycles. The number of aryl methyl sites for hydroxylation is 1. The van der Waals surface area contributed by atoms with Crippen LogP contribution in [0.4, 0.5) is 0 Å². The lowest BCUT2D eigenvalue weighted by molar-refractivity contribution is -0.132. The van der Waals surface area contributed by atoms with E-state index in [-0.39, 0.29) is 18.0 Å². The quantitative estimate of drug-likeness (QED) is 0.818. The van der Waals surface area contributed by atoms with Crippen LogP contribution in [0.15, 0.2) is 47.5 Å². The molecule has 1 amide bonds. The maximum atomic E-state index is 12.4. The number of hydrogen-bond acceptors (Lipinski definition) is 3. The van der Waals surface area contributed by atoms with Gasteiger partial charge in [0.15, 0.2) is 0 Å². The van der Waals surface area contributed by atoms with Crippen LogP contribution in [0.1, 0.15) is 25.1 Å². The lowest BCUT2D eigenvalue weighted by atomic mass is 10.2. The van der Waals surface area contributed by atoms with E-state index < -0.39 is 0 Å². The van der Waals surface area contributed by atoms with Crippen LogP contribution >= 0.6 is 0 Å². The monoisotopic (exact) mass is 299 g/mol. The Labute approximate surface area is 130 Å². The minimum atomic E-state index is -0.184. The van der Waals surface area contributed by atoms with Gasteiger partial charge < -0.3 is 4.90 Å². The van der Waals surface area contributed by atoms with E-state index >= 15 is 0 Å². The van der Waals surface area contributed by atoms with Gasteiger partial charge in [-0.1, -0.05) is 37.3 Å². The van der Waals surface area contributed by atoms with Crippen molar-refractivity contribution < 1.29 is 4.79 Å². The number of aromatic nitrogens is 2. The van der Waals surface area contributed by atoms with E-state index in [1.54, 1.807) is 4.90 Å². The zero-order valence-electron chi connectivity index (χ0n) is 13.0. The Morgan fingerprint density at radius 3 is 2.55 bits per heavy atom. The summed E-state index contributed by atoms with van der Waals surface area (Å²) in [6.07, 6.45) is 2.16. The molecule has 116 valence electrons. The third kappa shape index (κ3) is 4.04. The summed E-state index contributed by atoms with van der Waals surface area (Å²) in [7, 11) is 0. The van der Waals surface area contributed by atoms with Crippen LogP contribution in [0.2, 0.25) is 0 Å². The molecular formula is C17H21N3O2. The van der Waals surface area contributed by atoms with Gasteiger partial charge >= 0.3 is 0 Å². The van der Waals surface area contributed by atoms with E-state index in [9.17, 15) is 9.59 Å². The first-order chi connectivity index (χ1) is 10.6. The second-order valence-corrected chi connectivity index (χ2v) is 5.09. The van der Waals surface area contributed by atoms with Crippen molar-refractivity contribution in [2.45, 2.75) is 33.4 Å². The topological polar surface area (TPSA) is 55.2 Å². The Kier molecular flexibility index (Phi) is 5.47. The number of amides is 1. The average Bonchev–Trinajstić information content (AvgIpc) is 2.55. The Hall–Kier alpha value is -2.43. The predicted octanol–water partition coefficient (Wildman–Crippen LogP) is 1.85. The zero-order chi connectivity index (χ0) is 15.9. The Balaban J connectivity index is 2.08. The Morgan fingerprint density at radius 2 is 1.95 bits per heavy atom. The molecule has 5 heteroatoms. The van der Waals surface area contributed by atoms with E-state index in [1.165, 1.54) is 17.0 Å². The molecule has 0 atom stereocenters. The van der Waals surface area contributed by atoms with Gasteiger partial charge in [0, 0.05) is 24.8 Å². The molecule has 22 heavy (non-hydrogen) atoms. The van der Waals surface area contributed by atoms with Crippen LogP contribution in [-0.2, 0) is 24.3 Å². The van der Waals surface area contributed by atoms with Crippen LogP contribution in [0.3, 0.4) is 0 Å². The molecule has 0 saturated heterocycles. The van der Waals surface area contributed by atoms with Crippen LogP contribution in [0, 0.1) is 0 Å². The number of benzene rings is 1. The van der Waals surface area contributed by atoms with E-state index in [0.717, 1.165) is 11.3 Å². The van der Waals surface area contributed by atoms with Gasteiger partial charge in [0.05, 0.1) is 6.33 Å². The molecule has 0 aliphatic rings. The van der Waals surface area contributed by atoms with Gasteiger partial charge in [0.2, 0.25) is 5.91 Å². The van der Waals surface area contributed by atoms with Crippen LogP contribution in [0.25, 0.3) is 0 Å². The summed E-state index contributed by atoms with van der Waals surface area (Å²) in [5, 5.41) is 0. The van der Waals surface area contributed by atoms with Gasteiger partial charge in [0.1, 0.15) is 6.54 Å². The fourth-order valence-corrected chi connectivity index (χ4v) is 2.20. The first-order valence-electron chi connectivity index (χ1n) is 7.51. The minimum Gasteiger partial charge on any atom is -0.337 e. The molecule has 0 spiro atoms. The molecule has 1 heterocycles. The summed E-state index contributed by atoms with van der Waals surface area (Å²) in [5.41, 5.74) is 1.63. The number of rotatable bonds is 6. The van der Waals surface area contributed by atoms with Crippen molar-refractivity contribution in [1.82, 2.24) is 14.5 Å². The zero-order valence-corrected chi connectivity index (χ0v) is 13.0. The van der Waals surface area contributed by atoms with E-state index in [0.29, 0.717) is 19.5 Å². The maximum absolute atomic E-state index is 12.4. The summed E-state index contributed by atoms with van der Waals surface area (Å²) < 4.78 is 1.36. The second kappa shape index (κ2) is 7.54. The Bertz CT molecular complexity index is 680. The fraction of sp³-hybridized carbons (Fsp3) is 0.353. The second-order valence-electron chi connectivity index (χ2n) is 5.09. The summed E-state index contributed by atoms with van der Waals surface area (Å²) in [5.74, 6) is -0.0838. The predicted molar refractivity (Wildman–Crippen MR) is 85.4 cm³/mol. The normalized spacial score (nSPS) is 10.5. The molecule has 2 aromatic rings. The molecule has 0 aliphatic carbocycles. The number of nitrogens with zero attached hydrogens (tertiary/aromatic N) is 3. The number of carbonyl (C=O) groups excluding carboxylic acids is 1. The maximum Gasteiger partial charge on any atom is 0.253 e. The van der Waals surface area contributed by atoms with Crippen LogP contribution < -0.4 is 5.56 Å². The number of likely N-dealkylation sites (N-methyl/N-ethyl adjacent to an activating group) is 1. The van der Waals surface area contributed by atoms with Crippen molar-refractivity contribution in [2.75, 3.05) is 6.54 Å². The van der Waals surface area contributed by atoms with Crippen molar-refractivity contribution in [3.05, 3.63) is 64.3 Å². The molecule has 0 fully saturated rings. The first-order valence-corrected chi connectivity index (χ1v) is 7.51. The fourth-order valence-electron chi connectivity index (χ4n) is 2.20. The molecule has 0 N–H and O–H groups in total. The summed E-state index contributed by atoms with van der Waals surface area (Å²) in [6.45, 7) is 5.04. The largest absolute Gasteiger partial charge is 0.337 e. The van der Waals surface area contributed by atoms with Crippen molar-refractivity contribution in [2.24, 2.45) is 0 Å². The molecule has 0 aliphatic heterocycles. The van der Waals surface area contributed by atoms with E-state index in [4.69, 9.17) is 0 Å². The first kappa shape index (κ1) is 15.9.